The lowest BCUT2D eigenvalue weighted by Gasteiger charge is -2.08. The van der Waals surface area contributed by atoms with E-state index in [4.69, 9.17) is 10.7 Å². The minimum atomic E-state index is -4.06. The minimum Gasteiger partial charge on any atom is -0.219 e. The lowest BCUT2D eigenvalue weighted by Crippen LogP contribution is -2.04. The van der Waals surface area contributed by atoms with Gasteiger partial charge in [-0.25, -0.2) is 21.2 Å². The average Bonchev–Trinajstić information content (AvgIpc) is 2.38. The monoisotopic (exact) mass is 348 g/mol. The van der Waals surface area contributed by atoms with E-state index in [9.17, 15) is 21.2 Å². The van der Waals surface area contributed by atoms with Gasteiger partial charge in [0.25, 0.3) is 9.05 Å². The Morgan fingerprint density at radius 2 is 1.43 bits per heavy atom. The van der Waals surface area contributed by atoms with Crippen LogP contribution in [-0.4, -0.2) is 16.8 Å². The molecule has 0 unspecified atom stereocenters. The second-order valence-corrected chi connectivity index (χ2v) is 8.81. The molecule has 0 atom stereocenters. The molecule has 0 fully saturated rings. The second-order valence-electron chi connectivity index (χ2n) is 4.32. The third kappa shape index (κ3) is 3.25. The Balaban J connectivity index is 2.64. The summed E-state index contributed by atoms with van der Waals surface area (Å²) in [6.07, 6.45) is 0. The first-order valence-electron chi connectivity index (χ1n) is 5.68. The lowest BCUT2D eigenvalue weighted by molar-refractivity contribution is 0.594. The highest BCUT2D eigenvalue weighted by atomic mass is 35.7. The molecule has 0 bridgehead atoms. The Kier molecular flexibility index (Phi) is 4.10. The molecule has 4 nitrogen and oxygen atoms in total. The molecule has 0 radical (unpaired) electrons. The standard InChI is InChI=1S/C13H10ClFO4S2/c1-9-2-5-12(8-13(9)21(14,18)19)20(16,17)11-6-3-10(15)4-7-11/h2-8H,1H3. The van der Waals surface area contributed by atoms with Crippen LogP contribution >= 0.6 is 10.7 Å². The molecule has 0 N–H and O–H groups in total. The fourth-order valence-electron chi connectivity index (χ4n) is 1.76. The highest BCUT2D eigenvalue weighted by Gasteiger charge is 2.22. The normalized spacial score (nSPS) is 12.3. The van der Waals surface area contributed by atoms with Crippen LogP contribution in [-0.2, 0) is 18.9 Å². The van der Waals surface area contributed by atoms with Crippen molar-refractivity contribution < 1.29 is 21.2 Å². The first-order valence-corrected chi connectivity index (χ1v) is 9.47. The first-order chi connectivity index (χ1) is 9.62. The highest BCUT2D eigenvalue weighted by molar-refractivity contribution is 8.13. The molecule has 8 heteroatoms. The van der Waals surface area contributed by atoms with Gasteiger partial charge in [0.1, 0.15) is 5.82 Å². The van der Waals surface area contributed by atoms with E-state index in [0.717, 1.165) is 30.3 Å². The Bertz CT molecular complexity index is 888. The quantitative estimate of drug-likeness (QED) is 0.631. The van der Waals surface area contributed by atoms with Crippen molar-refractivity contribution in [1.82, 2.24) is 0 Å². The molecule has 0 amide bonds. The van der Waals surface area contributed by atoms with Crippen LogP contribution in [0.3, 0.4) is 0 Å². The molecule has 21 heavy (non-hydrogen) atoms. The summed E-state index contributed by atoms with van der Waals surface area (Å²) in [5.74, 6) is -0.568. The maximum Gasteiger partial charge on any atom is 0.261 e. The van der Waals surface area contributed by atoms with E-state index < -0.39 is 24.7 Å². The van der Waals surface area contributed by atoms with Crippen LogP contribution in [0.25, 0.3) is 0 Å². The molecule has 0 aromatic heterocycles. The Morgan fingerprint density at radius 3 is 1.95 bits per heavy atom. The van der Waals surface area contributed by atoms with Crippen molar-refractivity contribution in [3.05, 3.63) is 53.8 Å². The van der Waals surface area contributed by atoms with Crippen molar-refractivity contribution in [2.24, 2.45) is 0 Å². The lowest BCUT2D eigenvalue weighted by atomic mass is 10.2. The predicted molar refractivity (Wildman–Crippen MR) is 76.1 cm³/mol. The molecule has 0 saturated carbocycles. The maximum atomic E-state index is 12.9. The highest BCUT2D eigenvalue weighted by Crippen LogP contribution is 2.27. The number of aryl methyl sites for hydroxylation is 1. The van der Waals surface area contributed by atoms with Crippen molar-refractivity contribution in [1.29, 1.82) is 0 Å². The summed E-state index contributed by atoms with van der Waals surface area (Å²) >= 11 is 0. The fraction of sp³-hybridized carbons (Fsp3) is 0.0769. The molecule has 0 aliphatic carbocycles. The van der Waals surface area contributed by atoms with Crippen LogP contribution in [0.5, 0.6) is 0 Å². The van der Waals surface area contributed by atoms with Gasteiger partial charge in [-0.1, -0.05) is 6.07 Å². The third-order valence-corrected chi connectivity index (χ3v) is 6.09. The summed E-state index contributed by atoms with van der Waals surface area (Å²) in [5, 5.41) is 0. The van der Waals surface area contributed by atoms with Gasteiger partial charge >= 0.3 is 0 Å². The molecule has 2 aromatic carbocycles. The second kappa shape index (κ2) is 5.40. The van der Waals surface area contributed by atoms with Crippen molar-refractivity contribution in [3.63, 3.8) is 0 Å². The van der Waals surface area contributed by atoms with Crippen LogP contribution in [0.2, 0.25) is 0 Å². The van der Waals surface area contributed by atoms with Crippen LogP contribution in [0, 0.1) is 12.7 Å². The van der Waals surface area contributed by atoms with E-state index in [0.29, 0.717) is 5.56 Å². The van der Waals surface area contributed by atoms with Crippen LogP contribution in [0.1, 0.15) is 5.56 Å². The summed E-state index contributed by atoms with van der Waals surface area (Å²) in [4.78, 5) is -0.628. The maximum absolute atomic E-state index is 12.9. The van der Waals surface area contributed by atoms with E-state index >= 15 is 0 Å². The van der Waals surface area contributed by atoms with Gasteiger partial charge in [0.05, 0.1) is 14.7 Å². The number of rotatable bonds is 3. The van der Waals surface area contributed by atoms with Crippen LogP contribution < -0.4 is 0 Å². The summed E-state index contributed by atoms with van der Waals surface area (Å²) in [6, 6.07) is 7.88. The molecule has 2 rings (SSSR count). The zero-order valence-corrected chi connectivity index (χ0v) is 13.1. The molecule has 2 aromatic rings. The summed E-state index contributed by atoms with van der Waals surface area (Å²) in [6.45, 7) is 1.50. The SMILES string of the molecule is Cc1ccc(S(=O)(=O)c2ccc(F)cc2)cc1S(=O)(=O)Cl. The largest absolute Gasteiger partial charge is 0.261 e. The smallest absolute Gasteiger partial charge is 0.219 e. The molecule has 0 heterocycles. The topological polar surface area (TPSA) is 68.3 Å². The molecule has 0 aliphatic heterocycles. The van der Waals surface area contributed by atoms with E-state index in [1.807, 2.05) is 0 Å². The van der Waals surface area contributed by atoms with Gasteiger partial charge in [-0.2, -0.15) is 0 Å². The third-order valence-electron chi connectivity index (χ3n) is 2.86. The first kappa shape index (κ1) is 15.9. The van der Waals surface area contributed by atoms with Gasteiger partial charge in [-0.05, 0) is 48.9 Å². The van der Waals surface area contributed by atoms with Crippen molar-refractivity contribution in [2.75, 3.05) is 0 Å². The molecular formula is C13H10ClFO4S2. The van der Waals surface area contributed by atoms with Crippen LogP contribution in [0.4, 0.5) is 4.39 Å². The van der Waals surface area contributed by atoms with Gasteiger partial charge < -0.3 is 0 Å². The molecule has 112 valence electrons. The van der Waals surface area contributed by atoms with Crippen LogP contribution in [0.15, 0.2) is 57.2 Å². The minimum absolute atomic E-state index is 0.134. The Labute approximate surface area is 126 Å². The molecule has 0 spiro atoms. The zero-order chi connectivity index (χ0) is 15.8. The molecule has 0 saturated heterocycles. The Morgan fingerprint density at radius 1 is 0.905 bits per heavy atom. The number of halogens is 2. The van der Waals surface area contributed by atoms with Crippen molar-refractivity contribution >= 4 is 29.6 Å². The van der Waals surface area contributed by atoms with Crippen molar-refractivity contribution in [2.45, 2.75) is 21.6 Å². The van der Waals surface area contributed by atoms with Gasteiger partial charge in [-0.15, -0.1) is 0 Å². The number of benzene rings is 2. The van der Waals surface area contributed by atoms with E-state index in [2.05, 4.69) is 0 Å². The molecular weight excluding hydrogens is 339 g/mol. The number of hydrogen-bond acceptors (Lipinski definition) is 4. The summed E-state index contributed by atoms with van der Waals surface area (Å²) in [5.41, 5.74) is 0.336. The van der Waals surface area contributed by atoms with Gasteiger partial charge in [0, 0.05) is 10.7 Å². The number of hydrogen-bond donors (Lipinski definition) is 0. The predicted octanol–water partition coefficient (Wildman–Crippen LogP) is 2.89. The average molecular weight is 349 g/mol. The summed E-state index contributed by atoms with van der Waals surface area (Å²) < 4.78 is 60.5. The number of sulfone groups is 1. The van der Waals surface area contributed by atoms with Crippen molar-refractivity contribution in [3.8, 4) is 0 Å². The zero-order valence-electron chi connectivity index (χ0n) is 10.7. The van der Waals surface area contributed by atoms with Gasteiger partial charge in [-0.3, -0.25) is 0 Å². The van der Waals surface area contributed by atoms with Gasteiger partial charge in [0.2, 0.25) is 9.84 Å². The Hall–Kier alpha value is -1.44. The van der Waals surface area contributed by atoms with E-state index in [1.165, 1.54) is 19.1 Å². The molecule has 0 aliphatic rings. The summed E-state index contributed by atoms with van der Waals surface area (Å²) in [7, 11) is -2.72. The van der Waals surface area contributed by atoms with E-state index in [1.54, 1.807) is 0 Å². The van der Waals surface area contributed by atoms with E-state index in [-0.39, 0.29) is 14.7 Å². The van der Waals surface area contributed by atoms with Gasteiger partial charge in [0.15, 0.2) is 0 Å². The fourth-order valence-corrected chi connectivity index (χ4v) is 4.34.